The van der Waals surface area contributed by atoms with E-state index in [1.54, 1.807) is 11.3 Å². The summed E-state index contributed by atoms with van der Waals surface area (Å²) < 4.78 is 5.78. The average Bonchev–Trinajstić information content (AvgIpc) is 3.04. The minimum Gasteiger partial charge on any atom is -0.392 e. The second-order valence-corrected chi connectivity index (χ2v) is 7.10. The Balaban J connectivity index is 1.54. The molecule has 0 aromatic carbocycles. The van der Waals surface area contributed by atoms with E-state index < -0.39 is 0 Å². The Morgan fingerprint density at radius 2 is 2.27 bits per heavy atom. The van der Waals surface area contributed by atoms with Crippen LogP contribution in [0.2, 0.25) is 0 Å². The van der Waals surface area contributed by atoms with Gasteiger partial charge in [0.15, 0.2) is 0 Å². The van der Waals surface area contributed by atoms with E-state index >= 15 is 0 Å². The Kier molecular flexibility index (Phi) is 4.82. The molecule has 2 atom stereocenters. The first-order valence-electron chi connectivity index (χ1n) is 7.94. The summed E-state index contributed by atoms with van der Waals surface area (Å²) in [5, 5.41) is 14.2. The van der Waals surface area contributed by atoms with Gasteiger partial charge in [-0.3, -0.25) is 4.79 Å². The predicted octanol–water partition coefficient (Wildman–Crippen LogP) is 1.01. The molecule has 2 heterocycles. The predicted molar refractivity (Wildman–Crippen MR) is 85.7 cm³/mol. The zero-order chi connectivity index (χ0) is 15.6. The van der Waals surface area contributed by atoms with Crippen LogP contribution in [0.15, 0.2) is 16.8 Å². The third-order valence-electron chi connectivity index (χ3n) is 5.16. The molecule has 3 N–H and O–H groups in total. The molecular formula is C16H24N2O3S. The van der Waals surface area contributed by atoms with Gasteiger partial charge in [-0.15, -0.1) is 0 Å². The monoisotopic (exact) mass is 324 g/mol. The highest BCUT2D eigenvalue weighted by Gasteiger charge is 2.56. The maximum Gasteiger partial charge on any atom is 0.227 e. The lowest BCUT2D eigenvalue weighted by Crippen LogP contribution is -2.63. The molecule has 2 aliphatic rings. The molecule has 0 bridgehead atoms. The number of carbonyl (C=O) groups excluding carboxylic acids is 1. The van der Waals surface area contributed by atoms with Gasteiger partial charge in [-0.2, -0.15) is 11.3 Å². The van der Waals surface area contributed by atoms with Gasteiger partial charge in [0.05, 0.1) is 25.2 Å². The number of rotatable bonds is 5. The zero-order valence-corrected chi connectivity index (χ0v) is 13.6. The molecule has 1 saturated carbocycles. The fourth-order valence-corrected chi connectivity index (χ4v) is 4.35. The van der Waals surface area contributed by atoms with E-state index in [4.69, 9.17) is 10.5 Å². The van der Waals surface area contributed by atoms with Gasteiger partial charge in [0.2, 0.25) is 5.91 Å². The maximum absolute atomic E-state index is 12.3. The highest BCUT2D eigenvalue weighted by molar-refractivity contribution is 7.07. The van der Waals surface area contributed by atoms with E-state index in [1.165, 1.54) is 0 Å². The second-order valence-electron chi connectivity index (χ2n) is 6.32. The smallest absolute Gasteiger partial charge is 0.227 e. The third kappa shape index (κ3) is 2.93. The molecule has 1 aliphatic carbocycles. The Labute approximate surface area is 135 Å². The van der Waals surface area contributed by atoms with Crippen LogP contribution < -0.4 is 5.73 Å². The van der Waals surface area contributed by atoms with Crippen LogP contribution in [0.5, 0.6) is 0 Å². The van der Waals surface area contributed by atoms with Crippen molar-refractivity contribution in [1.29, 1.82) is 0 Å². The summed E-state index contributed by atoms with van der Waals surface area (Å²) >= 11 is 1.62. The number of ether oxygens (including phenoxy) is 1. The molecule has 1 amide bonds. The van der Waals surface area contributed by atoms with Crippen molar-refractivity contribution in [1.82, 2.24) is 4.90 Å². The Hall–Kier alpha value is -0.950. The Morgan fingerprint density at radius 1 is 1.50 bits per heavy atom. The highest BCUT2D eigenvalue weighted by Crippen LogP contribution is 2.50. The van der Waals surface area contributed by atoms with Crippen molar-refractivity contribution in [3.05, 3.63) is 22.4 Å². The van der Waals surface area contributed by atoms with Crippen LogP contribution in [-0.4, -0.2) is 54.4 Å². The normalized spacial score (nSPS) is 26.9. The molecule has 1 aromatic heterocycles. The maximum atomic E-state index is 12.3. The van der Waals surface area contributed by atoms with Gasteiger partial charge in [0.25, 0.3) is 0 Å². The number of aliphatic hydroxyl groups excluding tert-OH is 1. The largest absolute Gasteiger partial charge is 0.392 e. The number of piperidine rings is 1. The van der Waals surface area contributed by atoms with E-state index in [1.807, 2.05) is 21.7 Å². The van der Waals surface area contributed by atoms with Crippen molar-refractivity contribution in [2.24, 2.45) is 11.1 Å². The molecule has 122 valence electrons. The van der Waals surface area contributed by atoms with Crippen molar-refractivity contribution in [3.8, 4) is 0 Å². The van der Waals surface area contributed by atoms with Crippen molar-refractivity contribution in [3.63, 3.8) is 0 Å². The molecule has 1 saturated heterocycles. The first-order chi connectivity index (χ1) is 10.7. The minimum atomic E-state index is -0.301. The zero-order valence-electron chi connectivity index (χ0n) is 12.7. The summed E-state index contributed by atoms with van der Waals surface area (Å²) in [6, 6.07) is 2.00. The molecular weight excluding hydrogens is 300 g/mol. The van der Waals surface area contributed by atoms with Gasteiger partial charge in [-0.1, -0.05) is 0 Å². The van der Waals surface area contributed by atoms with Crippen LogP contribution in [0.3, 0.4) is 0 Å². The third-order valence-corrected chi connectivity index (χ3v) is 5.89. The first kappa shape index (κ1) is 15.9. The van der Waals surface area contributed by atoms with Gasteiger partial charge in [-0.05, 0) is 35.2 Å². The summed E-state index contributed by atoms with van der Waals surface area (Å²) in [5.41, 5.74) is 6.42. The van der Waals surface area contributed by atoms with E-state index in [0.29, 0.717) is 39.1 Å². The minimum absolute atomic E-state index is 0.0974. The summed E-state index contributed by atoms with van der Waals surface area (Å²) in [7, 11) is 0. The highest BCUT2D eigenvalue weighted by atomic mass is 32.1. The van der Waals surface area contributed by atoms with E-state index in [9.17, 15) is 9.90 Å². The standard InChI is InChI=1S/C16H24N2O3S/c17-4-7-21-14-10-13(19)16(14)2-5-18(6-3-16)15(20)9-12-1-8-22-11-12/h1,8,11,13-14,19H,2-7,9-10,17H2/t13-,14+/m1/s1. The molecule has 1 spiro atoms. The molecule has 22 heavy (non-hydrogen) atoms. The van der Waals surface area contributed by atoms with Crippen LogP contribution in [0.25, 0.3) is 0 Å². The van der Waals surface area contributed by atoms with Crippen molar-refractivity contribution < 1.29 is 14.6 Å². The number of likely N-dealkylation sites (tertiary alicyclic amines) is 1. The summed E-state index contributed by atoms with van der Waals surface area (Å²) in [6.45, 7) is 2.47. The van der Waals surface area contributed by atoms with Crippen LogP contribution in [0, 0.1) is 5.41 Å². The molecule has 0 unspecified atom stereocenters. The van der Waals surface area contributed by atoms with Gasteiger partial charge >= 0.3 is 0 Å². The summed E-state index contributed by atoms with van der Waals surface area (Å²) in [6.07, 6.45) is 2.61. The molecule has 0 radical (unpaired) electrons. The van der Waals surface area contributed by atoms with Gasteiger partial charge in [0, 0.05) is 31.5 Å². The lowest BCUT2D eigenvalue weighted by molar-refractivity contribution is -0.210. The lowest BCUT2D eigenvalue weighted by atomic mass is 9.58. The van der Waals surface area contributed by atoms with Gasteiger partial charge < -0.3 is 20.5 Å². The number of aliphatic hydroxyl groups is 1. The first-order valence-corrected chi connectivity index (χ1v) is 8.88. The van der Waals surface area contributed by atoms with Crippen LogP contribution in [-0.2, 0) is 16.0 Å². The number of carbonyl (C=O) groups is 1. The molecule has 3 rings (SSSR count). The van der Waals surface area contributed by atoms with Crippen LogP contribution in [0.1, 0.15) is 24.8 Å². The number of thiophene rings is 1. The van der Waals surface area contributed by atoms with E-state index in [2.05, 4.69) is 0 Å². The fraction of sp³-hybridized carbons (Fsp3) is 0.688. The number of nitrogens with two attached hydrogens (primary N) is 1. The van der Waals surface area contributed by atoms with Crippen molar-refractivity contribution >= 4 is 17.2 Å². The molecule has 1 aromatic rings. The van der Waals surface area contributed by atoms with E-state index in [-0.39, 0.29) is 23.5 Å². The SMILES string of the molecule is NCCO[C@H]1C[C@@H](O)C12CCN(C(=O)Cc1ccsc1)CC2. The Morgan fingerprint density at radius 3 is 2.86 bits per heavy atom. The summed E-state index contributed by atoms with van der Waals surface area (Å²) in [4.78, 5) is 14.3. The second kappa shape index (κ2) is 6.66. The quantitative estimate of drug-likeness (QED) is 0.847. The number of hydrogen-bond donors (Lipinski definition) is 2. The van der Waals surface area contributed by atoms with E-state index in [0.717, 1.165) is 18.4 Å². The van der Waals surface area contributed by atoms with Crippen LogP contribution >= 0.6 is 11.3 Å². The van der Waals surface area contributed by atoms with Gasteiger partial charge in [0.1, 0.15) is 0 Å². The number of amides is 1. The van der Waals surface area contributed by atoms with Crippen molar-refractivity contribution in [2.75, 3.05) is 26.2 Å². The fourth-order valence-electron chi connectivity index (χ4n) is 3.68. The summed E-state index contributed by atoms with van der Waals surface area (Å²) in [5.74, 6) is 0.182. The number of nitrogens with zero attached hydrogens (tertiary/aromatic N) is 1. The van der Waals surface area contributed by atoms with Crippen LogP contribution in [0.4, 0.5) is 0 Å². The molecule has 1 aliphatic heterocycles. The Bertz CT molecular complexity index is 497. The molecule has 5 nitrogen and oxygen atoms in total. The number of hydrogen-bond acceptors (Lipinski definition) is 5. The van der Waals surface area contributed by atoms with Crippen molar-refractivity contribution in [2.45, 2.75) is 37.9 Å². The topological polar surface area (TPSA) is 75.8 Å². The molecule has 6 heteroatoms. The average molecular weight is 324 g/mol. The molecule has 2 fully saturated rings. The van der Waals surface area contributed by atoms with Gasteiger partial charge in [-0.25, -0.2) is 0 Å². The lowest BCUT2D eigenvalue weighted by Gasteiger charge is -2.56.